The molecule has 3 nitrogen and oxygen atoms in total. The third-order valence-corrected chi connectivity index (χ3v) is 7.35. The molecule has 6 rings (SSSR count). The fraction of sp³-hybridized carbons (Fsp3) is 0.0667. The van der Waals surface area contributed by atoms with Gasteiger partial charge in [0.1, 0.15) is 11.8 Å². The average molecular weight is 456 g/mol. The molecule has 0 N–H and O–H groups in total. The van der Waals surface area contributed by atoms with Crippen LogP contribution in [0.1, 0.15) is 18.5 Å². The number of hydrogen-bond donors (Lipinski definition) is 0. The zero-order chi connectivity index (χ0) is 22.9. The Morgan fingerprint density at radius 2 is 1.56 bits per heavy atom. The van der Waals surface area contributed by atoms with Crippen molar-refractivity contribution in [2.24, 2.45) is 0 Å². The van der Waals surface area contributed by atoms with Gasteiger partial charge in [-0.15, -0.1) is 0 Å². The van der Waals surface area contributed by atoms with Crippen LogP contribution < -0.4 is 4.90 Å². The number of nitrogens with zero attached hydrogens (tertiary/aromatic N) is 3. The van der Waals surface area contributed by atoms with Crippen molar-refractivity contribution in [2.75, 3.05) is 4.90 Å². The van der Waals surface area contributed by atoms with Crippen molar-refractivity contribution in [2.45, 2.75) is 17.7 Å². The van der Waals surface area contributed by atoms with Crippen LogP contribution in [0.15, 0.2) is 119 Å². The molecule has 0 spiro atoms. The number of fused-ring (bicyclic) bond motifs is 1. The molecule has 34 heavy (non-hydrogen) atoms. The van der Waals surface area contributed by atoms with Crippen LogP contribution in [0.4, 0.5) is 11.4 Å². The minimum atomic E-state index is 0.430. The fourth-order valence-electron chi connectivity index (χ4n) is 4.60. The Hall–Kier alpha value is -4.07. The lowest BCUT2D eigenvalue weighted by molar-refractivity contribution is 0.904. The summed E-state index contributed by atoms with van der Waals surface area (Å²) in [6.45, 7) is 0. The quantitative estimate of drug-likeness (QED) is 0.313. The summed E-state index contributed by atoms with van der Waals surface area (Å²) >= 11 is 1.86. The van der Waals surface area contributed by atoms with E-state index in [0.29, 0.717) is 5.69 Å². The van der Waals surface area contributed by atoms with E-state index in [1.807, 2.05) is 23.9 Å². The molecule has 2 heterocycles. The Morgan fingerprint density at radius 1 is 0.794 bits per heavy atom. The molecule has 2 aliphatic rings. The van der Waals surface area contributed by atoms with Gasteiger partial charge in [-0.3, -0.25) is 0 Å². The van der Waals surface area contributed by atoms with Crippen molar-refractivity contribution >= 4 is 23.1 Å². The summed E-state index contributed by atoms with van der Waals surface area (Å²) in [6, 6.07) is 33.4. The van der Waals surface area contributed by atoms with E-state index < -0.39 is 0 Å². The van der Waals surface area contributed by atoms with Gasteiger partial charge in [0, 0.05) is 26.6 Å². The second-order valence-corrected chi connectivity index (χ2v) is 9.36. The van der Waals surface area contributed by atoms with Crippen LogP contribution in [0.3, 0.4) is 0 Å². The van der Waals surface area contributed by atoms with Crippen LogP contribution in [0.2, 0.25) is 0 Å². The van der Waals surface area contributed by atoms with Gasteiger partial charge in [0.25, 0.3) is 0 Å². The SMILES string of the molecule is N#Cc1cccc(-c2ccc(-c3ccccc3N3C4=C(C=CCC4)Sc4ccccc43)cc2)n1. The first-order valence-corrected chi connectivity index (χ1v) is 12.2. The molecule has 0 atom stereocenters. The molecule has 0 radical (unpaired) electrons. The predicted molar refractivity (Wildman–Crippen MR) is 140 cm³/mol. The van der Waals surface area contributed by atoms with Gasteiger partial charge in [0.2, 0.25) is 0 Å². The molecule has 1 aliphatic heterocycles. The van der Waals surface area contributed by atoms with E-state index in [1.165, 1.54) is 32.4 Å². The van der Waals surface area contributed by atoms with Crippen molar-refractivity contribution in [1.29, 1.82) is 5.26 Å². The molecule has 162 valence electrons. The molecule has 3 aromatic carbocycles. The van der Waals surface area contributed by atoms with Crippen LogP contribution in [0.25, 0.3) is 22.4 Å². The van der Waals surface area contributed by atoms with Crippen LogP contribution in [0, 0.1) is 11.3 Å². The van der Waals surface area contributed by atoms with Gasteiger partial charge in [-0.05, 0) is 48.7 Å². The van der Waals surface area contributed by atoms with E-state index in [0.717, 1.165) is 29.7 Å². The summed E-state index contributed by atoms with van der Waals surface area (Å²) in [6.07, 6.45) is 6.63. The van der Waals surface area contributed by atoms with Crippen molar-refractivity contribution in [3.05, 3.63) is 119 Å². The first-order chi connectivity index (χ1) is 16.8. The average Bonchev–Trinajstić information content (AvgIpc) is 2.92. The summed E-state index contributed by atoms with van der Waals surface area (Å²) in [4.78, 5) is 9.50. The third kappa shape index (κ3) is 3.61. The number of anilines is 2. The zero-order valence-electron chi connectivity index (χ0n) is 18.5. The van der Waals surface area contributed by atoms with Crippen molar-refractivity contribution < 1.29 is 0 Å². The molecule has 0 amide bonds. The first-order valence-electron chi connectivity index (χ1n) is 11.4. The molecule has 1 aromatic heterocycles. The van der Waals surface area contributed by atoms with Gasteiger partial charge < -0.3 is 4.90 Å². The number of para-hydroxylation sites is 2. The second kappa shape index (κ2) is 8.70. The summed E-state index contributed by atoms with van der Waals surface area (Å²) in [5.74, 6) is 0. The minimum Gasteiger partial charge on any atom is -0.311 e. The van der Waals surface area contributed by atoms with Crippen LogP contribution in [-0.4, -0.2) is 4.98 Å². The van der Waals surface area contributed by atoms with Crippen molar-refractivity contribution in [1.82, 2.24) is 4.98 Å². The van der Waals surface area contributed by atoms with E-state index in [9.17, 15) is 5.26 Å². The molecule has 1 aliphatic carbocycles. The number of benzene rings is 3. The van der Waals surface area contributed by atoms with Gasteiger partial charge in [-0.1, -0.05) is 84.6 Å². The lowest BCUT2D eigenvalue weighted by Crippen LogP contribution is -2.22. The Labute approximate surface area is 203 Å². The van der Waals surface area contributed by atoms with E-state index in [1.54, 1.807) is 6.07 Å². The highest BCUT2D eigenvalue weighted by Gasteiger charge is 2.28. The first kappa shape index (κ1) is 20.5. The van der Waals surface area contributed by atoms with Crippen LogP contribution in [0.5, 0.6) is 0 Å². The van der Waals surface area contributed by atoms with Gasteiger partial charge in [-0.2, -0.15) is 5.26 Å². The number of allylic oxidation sites excluding steroid dienone is 3. The summed E-state index contributed by atoms with van der Waals surface area (Å²) in [7, 11) is 0. The van der Waals surface area contributed by atoms with Crippen molar-refractivity contribution in [3.63, 3.8) is 0 Å². The molecule has 0 saturated heterocycles. The number of nitriles is 1. The Kier molecular flexibility index (Phi) is 5.25. The molecular formula is C30H21N3S. The van der Waals surface area contributed by atoms with E-state index >= 15 is 0 Å². The summed E-state index contributed by atoms with van der Waals surface area (Å²) < 4.78 is 0. The number of rotatable bonds is 3. The normalized spacial score (nSPS) is 14.4. The summed E-state index contributed by atoms with van der Waals surface area (Å²) in [5, 5.41) is 9.18. The molecule has 4 heteroatoms. The second-order valence-electron chi connectivity index (χ2n) is 8.27. The minimum absolute atomic E-state index is 0.430. The van der Waals surface area contributed by atoms with Gasteiger partial charge in [0.15, 0.2) is 0 Å². The number of aromatic nitrogens is 1. The maximum atomic E-state index is 9.18. The van der Waals surface area contributed by atoms with E-state index in [2.05, 4.69) is 101 Å². The molecule has 0 saturated carbocycles. The van der Waals surface area contributed by atoms with E-state index in [4.69, 9.17) is 0 Å². The molecule has 0 fully saturated rings. The highest BCUT2D eigenvalue weighted by molar-refractivity contribution is 8.03. The van der Waals surface area contributed by atoms with Crippen molar-refractivity contribution in [3.8, 4) is 28.5 Å². The van der Waals surface area contributed by atoms with Gasteiger partial charge in [-0.25, -0.2) is 4.98 Å². The lowest BCUT2D eigenvalue weighted by Gasteiger charge is -2.37. The standard InChI is InChI=1S/C30H21N3S/c31-20-23-8-7-10-25(32-23)22-18-16-21(17-19-22)24-9-1-2-11-26(24)33-27-12-3-5-14-29(27)34-30-15-6-4-13-28(30)33/h1-3,5-12,14-19H,4,13H2. The highest BCUT2D eigenvalue weighted by atomic mass is 32.2. The lowest BCUT2D eigenvalue weighted by atomic mass is 9.98. The summed E-state index contributed by atoms with van der Waals surface area (Å²) in [5.41, 5.74) is 8.38. The Morgan fingerprint density at radius 3 is 2.41 bits per heavy atom. The van der Waals surface area contributed by atoms with E-state index in [-0.39, 0.29) is 0 Å². The zero-order valence-corrected chi connectivity index (χ0v) is 19.3. The number of thioether (sulfide) groups is 1. The molecular weight excluding hydrogens is 434 g/mol. The highest BCUT2D eigenvalue weighted by Crippen LogP contribution is 2.51. The van der Waals surface area contributed by atoms with Gasteiger partial charge >= 0.3 is 0 Å². The smallest absolute Gasteiger partial charge is 0.141 e. The maximum Gasteiger partial charge on any atom is 0.141 e. The molecule has 0 unspecified atom stereocenters. The maximum absolute atomic E-state index is 9.18. The Balaban J connectivity index is 1.45. The Bertz CT molecular complexity index is 1490. The largest absolute Gasteiger partial charge is 0.311 e. The van der Waals surface area contributed by atoms with Crippen LogP contribution >= 0.6 is 11.8 Å². The monoisotopic (exact) mass is 455 g/mol. The number of pyridine rings is 1. The third-order valence-electron chi connectivity index (χ3n) is 6.20. The topological polar surface area (TPSA) is 39.9 Å². The predicted octanol–water partition coefficient (Wildman–Crippen LogP) is 8.09. The molecule has 4 aromatic rings. The molecule has 0 bridgehead atoms. The fourth-order valence-corrected chi connectivity index (χ4v) is 5.73. The number of hydrogen-bond acceptors (Lipinski definition) is 4. The van der Waals surface area contributed by atoms with Gasteiger partial charge in [0.05, 0.1) is 17.1 Å². The van der Waals surface area contributed by atoms with Crippen LogP contribution in [-0.2, 0) is 0 Å².